The number of thiophene rings is 1. The first-order valence-electron chi connectivity index (χ1n) is 6.87. The van der Waals surface area contributed by atoms with E-state index >= 15 is 0 Å². The van der Waals surface area contributed by atoms with Crippen molar-refractivity contribution < 1.29 is 4.74 Å². The Morgan fingerprint density at radius 3 is 2.45 bits per heavy atom. The zero-order valence-electron chi connectivity index (χ0n) is 12.1. The van der Waals surface area contributed by atoms with E-state index in [4.69, 9.17) is 4.74 Å². The van der Waals surface area contributed by atoms with E-state index in [1.807, 2.05) is 30.4 Å². The summed E-state index contributed by atoms with van der Waals surface area (Å²) in [5.74, 6) is 0.926. The minimum absolute atomic E-state index is 0.241. The molecule has 0 amide bonds. The smallest absolute Gasteiger partial charge is 0.119 e. The molecule has 0 fully saturated rings. The number of halogens is 1. The second-order valence-electron chi connectivity index (χ2n) is 4.55. The minimum Gasteiger partial charge on any atom is -0.494 e. The molecule has 0 spiro atoms. The molecule has 0 radical (unpaired) electrons. The van der Waals surface area contributed by atoms with Gasteiger partial charge in [0.25, 0.3) is 0 Å². The summed E-state index contributed by atoms with van der Waals surface area (Å²) in [6, 6.07) is 10.8. The number of hydrogen-bond donors (Lipinski definition) is 1. The van der Waals surface area contributed by atoms with E-state index in [-0.39, 0.29) is 6.04 Å². The highest BCUT2D eigenvalue weighted by Gasteiger charge is 2.16. The van der Waals surface area contributed by atoms with E-state index in [0.29, 0.717) is 6.61 Å². The van der Waals surface area contributed by atoms with E-state index in [1.54, 1.807) is 0 Å². The monoisotopic (exact) mass is 353 g/mol. The highest BCUT2D eigenvalue weighted by atomic mass is 79.9. The van der Waals surface area contributed by atoms with E-state index < -0.39 is 0 Å². The molecule has 0 saturated heterocycles. The molecule has 0 saturated carbocycles. The fourth-order valence-corrected chi connectivity index (χ4v) is 3.80. The van der Waals surface area contributed by atoms with Crippen LogP contribution >= 0.6 is 27.3 Å². The van der Waals surface area contributed by atoms with Gasteiger partial charge in [0.1, 0.15) is 5.75 Å². The topological polar surface area (TPSA) is 21.3 Å². The Morgan fingerprint density at radius 2 is 1.95 bits per heavy atom. The zero-order valence-corrected chi connectivity index (χ0v) is 14.5. The highest BCUT2D eigenvalue weighted by Crippen LogP contribution is 2.34. The summed E-state index contributed by atoms with van der Waals surface area (Å²) in [6.45, 7) is 7.91. The first kappa shape index (κ1) is 15.5. The minimum atomic E-state index is 0.241. The van der Waals surface area contributed by atoms with Crippen molar-refractivity contribution in [3.05, 3.63) is 50.1 Å². The zero-order chi connectivity index (χ0) is 14.5. The van der Waals surface area contributed by atoms with E-state index in [9.17, 15) is 0 Å². The van der Waals surface area contributed by atoms with E-state index in [0.717, 1.165) is 12.3 Å². The van der Waals surface area contributed by atoms with E-state index in [1.165, 1.54) is 19.8 Å². The summed E-state index contributed by atoms with van der Waals surface area (Å²) >= 11 is 5.43. The average Bonchev–Trinajstić information content (AvgIpc) is 2.77. The largest absolute Gasteiger partial charge is 0.494 e. The van der Waals surface area contributed by atoms with Crippen LogP contribution in [0.4, 0.5) is 0 Å². The van der Waals surface area contributed by atoms with Crippen molar-refractivity contribution in [3.63, 3.8) is 0 Å². The average molecular weight is 354 g/mol. The van der Waals surface area contributed by atoms with Gasteiger partial charge >= 0.3 is 0 Å². The lowest BCUT2D eigenvalue weighted by atomic mass is 10.1. The van der Waals surface area contributed by atoms with Crippen LogP contribution in [0.25, 0.3) is 0 Å². The summed E-state index contributed by atoms with van der Waals surface area (Å²) in [5, 5.41) is 3.56. The predicted molar refractivity (Wildman–Crippen MR) is 89.9 cm³/mol. The molecular weight excluding hydrogens is 334 g/mol. The molecular formula is C16H20BrNOS. The predicted octanol–water partition coefficient (Wildman–Crippen LogP) is 4.92. The summed E-state index contributed by atoms with van der Waals surface area (Å²) in [7, 11) is 0. The molecule has 1 heterocycles. The highest BCUT2D eigenvalue weighted by molar-refractivity contribution is 9.10. The van der Waals surface area contributed by atoms with Gasteiger partial charge in [-0.1, -0.05) is 19.1 Å². The third-order valence-electron chi connectivity index (χ3n) is 3.09. The van der Waals surface area contributed by atoms with Crippen molar-refractivity contribution in [2.75, 3.05) is 13.2 Å². The van der Waals surface area contributed by atoms with Crippen LogP contribution in [-0.4, -0.2) is 13.2 Å². The number of benzene rings is 1. The molecule has 1 aromatic carbocycles. The number of nitrogens with one attached hydrogen (secondary N) is 1. The lowest BCUT2D eigenvalue weighted by Gasteiger charge is -2.17. The SMILES string of the molecule is CCNC(c1ccc(OCC)cc1)c1cc(Br)c(C)s1. The molecule has 0 aliphatic carbocycles. The van der Waals surface area contributed by atoms with Crippen LogP contribution in [0, 0.1) is 6.92 Å². The number of aryl methyl sites for hydroxylation is 1. The van der Waals surface area contributed by atoms with Crippen molar-refractivity contribution in [3.8, 4) is 5.75 Å². The molecule has 0 aliphatic heterocycles. The normalized spacial score (nSPS) is 12.4. The number of ether oxygens (including phenoxy) is 1. The maximum Gasteiger partial charge on any atom is 0.119 e. The molecule has 108 valence electrons. The Hall–Kier alpha value is -0.840. The van der Waals surface area contributed by atoms with Gasteiger partial charge in [0.05, 0.1) is 12.6 Å². The van der Waals surface area contributed by atoms with Crippen LogP contribution in [0.3, 0.4) is 0 Å². The van der Waals surface area contributed by atoms with Gasteiger partial charge in [-0.3, -0.25) is 0 Å². The lowest BCUT2D eigenvalue weighted by Crippen LogP contribution is -2.21. The van der Waals surface area contributed by atoms with Gasteiger partial charge in [0.2, 0.25) is 0 Å². The Balaban J connectivity index is 2.27. The maximum absolute atomic E-state index is 5.50. The Kier molecular flexibility index (Phi) is 5.64. The molecule has 4 heteroatoms. The van der Waals surface area contributed by atoms with Gasteiger partial charge in [-0.05, 0) is 60.1 Å². The first-order valence-corrected chi connectivity index (χ1v) is 8.48. The van der Waals surface area contributed by atoms with Gasteiger partial charge in [0, 0.05) is 14.2 Å². The molecule has 2 rings (SSSR count). The van der Waals surface area contributed by atoms with Gasteiger partial charge in [-0.25, -0.2) is 0 Å². The van der Waals surface area contributed by atoms with Crippen molar-refractivity contribution in [1.82, 2.24) is 5.32 Å². The van der Waals surface area contributed by atoms with Crippen molar-refractivity contribution in [1.29, 1.82) is 0 Å². The second-order valence-corrected chi connectivity index (χ2v) is 6.69. The Labute approximate surface area is 133 Å². The molecule has 0 bridgehead atoms. The fourth-order valence-electron chi connectivity index (χ4n) is 2.13. The van der Waals surface area contributed by atoms with Gasteiger partial charge < -0.3 is 10.1 Å². The molecule has 1 unspecified atom stereocenters. The summed E-state index contributed by atoms with van der Waals surface area (Å²) in [4.78, 5) is 2.65. The van der Waals surface area contributed by atoms with Crippen LogP contribution in [0.5, 0.6) is 5.75 Å². The quantitative estimate of drug-likeness (QED) is 0.795. The standard InChI is InChI=1S/C16H20BrNOS/c1-4-18-16(15-10-14(17)11(3)20-15)12-6-8-13(9-7-12)19-5-2/h6-10,16,18H,4-5H2,1-3H3. The molecule has 1 atom stereocenters. The molecule has 2 aromatic rings. The van der Waals surface area contributed by atoms with Crippen molar-refractivity contribution in [2.45, 2.75) is 26.8 Å². The molecule has 1 N–H and O–H groups in total. The molecule has 20 heavy (non-hydrogen) atoms. The van der Waals surface area contributed by atoms with Crippen molar-refractivity contribution in [2.24, 2.45) is 0 Å². The third kappa shape index (κ3) is 3.62. The van der Waals surface area contributed by atoms with Crippen LogP contribution in [0.1, 0.15) is 35.2 Å². The Morgan fingerprint density at radius 1 is 1.25 bits per heavy atom. The maximum atomic E-state index is 5.50. The van der Waals surface area contributed by atoms with Gasteiger partial charge in [0.15, 0.2) is 0 Å². The first-order chi connectivity index (χ1) is 9.65. The van der Waals surface area contributed by atoms with Crippen LogP contribution in [0.2, 0.25) is 0 Å². The fraction of sp³-hybridized carbons (Fsp3) is 0.375. The number of hydrogen-bond acceptors (Lipinski definition) is 3. The van der Waals surface area contributed by atoms with Gasteiger partial charge in [-0.15, -0.1) is 11.3 Å². The lowest BCUT2D eigenvalue weighted by molar-refractivity contribution is 0.340. The Bertz CT molecular complexity index is 531. The second kappa shape index (κ2) is 7.25. The van der Waals surface area contributed by atoms with E-state index in [2.05, 4.69) is 53.3 Å². The third-order valence-corrected chi connectivity index (χ3v) is 5.29. The van der Waals surface area contributed by atoms with Crippen LogP contribution < -0.4 is 10.1 Å². The van der Waals surface area contributed by atoms with Crippen LogP contribution in [0.15, 0.2) is 34.8 Å². The summed E-state index contributed by atoms with van der Waals surface area (Å²) in [5.41, 5.74) is 1.27. The van der Waals surface area contributed by atoms with Crippen molar-refractivity contribution >= 4 is 27.3 Å². The van der Waals surface area contributed by atoms with Crippen LogP contribution in [-0.2, 0) is 0 Å². The number of rotatable bonds is 6. The summed E-state index contributed by atoms with van der Waals surface area (Å²) < 4.78 is 6.69. The summed E-state index contributed by atoms with van der Waals surface area (Å²) in [6.07, 6.45) is 0. The molecule has 1 aromatic heterocycles. The molecule has 0 aliphatic rings. The van der Waals surface area contributed by atoms with Gasteiger partial charge in [-0.2, -0.15) is 0 Å². The molecule has 2 nitrogen and oxygen atoms in total.